The van der Waals surface area contributed by atoms with Crippen LogP contribution >= 0.6 is 0 Å². The van der Waals surface area contributed by atoms with Crippen LogP contribution in [-0.2, 0) is 4.99 Å². The number of phenolic OH excluding ortho intramolecular Hbond substituents is 1. The van der Waals surface area contributed by atoms with Crippen molar-refractivity contribution in [3.8, 4) is 11.4 Å². The van der Waals surface area contributed by atoms with Gasteiger partial charge in [0.1, 0.15) is 11.4 Å². The van der Waals surface area contributed by atoms with E-state index in [-0.39, 0.29) is 22.7 Å². The Morgan fingerprint density at radius 2 is 1.92 bits per heavy atom. The van der Waals surface area contributed by atoms with Crippen LogP contribution in [0.2, 0.25) is 0 Å². The van der Waals surface area contributed by atoms with E-state index in [1.54, 1.807) is 19.1 Å². The molecule has 0 amide bonds. The second-order valence-corrected chi connectivity index (χ2v) is 5.16. The molecule has 25 heavy (non-hydrogen) atoms. The van der Waals surface area contributed by atoms with Gasteiger partial charge in [-0.05, 0) is 31.2 Å². The van der Waals surface area contributed by atoms with Gasteiger partial charge in [-0.2, -0.15) is 0 Å². The summed E-state index contributed by atoms with van der Waals surface area (Å²) in [6, 6.07) is 13.3. The molecule has 0 aliphatic heterocycles. The van der Waals surface area contributed by atoms with Gasteiger partial charge in [-0.15, -0.1) is 15.2 Å². The summed E-state index contributed by atoms with van der Waals surface area (Å²) in [5, 5.41) is 29.0. The van der Waals surface area contributed by atoms with Crippen molar-refractivity contribution in [1.82, 2.24) is 9.78 Å². The molecule has 3 aromatic rings. The van der Waals surface area contributed by atoms with Crippen molar-refractivity contribution in [2.24, 2.45) is 10.2 Å². The van der Waals surface area contributed by atoms with E-state index in [1.165, 1.54) is 22.9 Å². The van der Waals surface area contributed by atoms with Gasteiger partial charge >= 0.3 is 0 Å². The van der Waals surface area contributed by atoms with E-state index in [9.17, 15) is 9.90 Å². The van der Waals surface area contributed by atoms with Gasteiger partial charge in [0.25, 0.3) is 5.56 Å². The van der Waals surface area contributed by atoms with Crippen LogP contribution in [0.15, 0.2) is 63.6 Å². The van der Waals surface area contributed by atoms with Gasteiger partial charge in [0.2, 0.25) is 0 Å². The molecule has 0 spiro atoms. The Hall–Kier alpha value is -3.43. The highest BCUT2D eigenvalue weighted by Crippen LogP contribution is 2.30. The zero-order valence-electron chi connectivity index (χ0n) is 13.2. The summed E-state index contributed by atoms with van der Waals surface area (Å²) in [5.74, 6) is -0.192. The molecule has 0 saturated heterocycles. The maximum Gasteiger partial charge on any atom is 0.299 e. The summed E-state index contributed by atoms with van der Waals surface area (Å²) < 4.78 is 1.37. The van der Waals surface area contributed by atoms with E-state index in [2.05, 4.69) is 25.8 Å². The van der Waals surface area contributed by atoms with E-state index in [4.69, 9.17) is 5.26 Å². The predicted octanol–water partition coefficient (Wildman–Crippen LogP) is 3.41. The second-order valence-electron chi connectivity index (χ2n) is 5.16. The third kappa shape index (κ3) is 3.42. The number of aryl methyl sites for hydroxylation is 1. The van der Waals surface area contributed by atoms with Gasteiger partial charge in [-0.1, -0.05) is 18.2 Å². The van der Waals surface area contributed by atoms with E-state index >= 15 is 0 Å². The van der Waals surface area contributed by atoms with Crippen LogP contribution < -0.4 is 11.0 Å². The molecule has 0 aliphatic carbocycles. The number of anilines is 1. The summed E-state index contributed by atoms with van der Waals surface area (Å²) in [4.78, 5) is 16.3. The summed E-state index contributed by atoms with van der Waals surface area (Å²) in [7, 11) is 0. The number of benzene rings is 2. The first-order valence-corrected chi connectivity index (χ1v) is 7.28. The number of aromatic amines is 1. The number of hydrogen-bond donors (Lipinski definition) is 4. The number of para-hydroxylation sites is 1. The van der Waals surface area contributed by atoms with Crippen molar-refractivity contribution in [1.29, 1.82) is 0 Å². The van der Waals surface area contributed by atoms with Crippen molar-refractivity contribution < 1.29 is 15.4 Å². The van der Waals surface area contributed by atoms with Gasteiger partial charge in [-0.3, -0.25) is 9.89 Å². The van der Waals surface area contributed by atoms with Crippen molar-refractivity contribution in [2.75, 3.05) is 5.48 Å². The Kier molecular flexibility index (Phi) is 4.59. The largest absolute Gasteiger partial charge is 0.506 e. The van der Waals surface area contributed by atoms with Gasteiger partial charge in [0.15, 0.2) is 5.69 Å². The maximum atomic E-state index is 12.5. The van der Waals surface area contributed by atoms with E-state index in [0.29, 0.717) is 17.1 Å². The van der Waals surface area contributed by atoms with Crippen LogP contribution in [0.25, 0.3) is 5.69 Å². The first-order valence-electron chi connectivity index (χ1n) is 7.28. The lowest BCUT2D eigenvalue weighted by molar-refractivity contribution is -0.215. The Bertz CT molecular complexity index is 962. The highest BCUT2D eigenvalue weighted by molar-refractivity contribution is 5.59. The number of phenols is 1. The molecule has 9 nitrogen and oxygen atoms in total. The van der Waals surface area contributed by atoms with Crippen molar-refractivity contribution >= 4 is 17.1 Å². The van der Waals surface area contributed by atoms with Crippen LogP contribution in [-0.4, -0.2) is 20.1 Å². The van der Waals surface area contributed by atoms with Crippen LogP contribution in [0.5, 0.6) is 5.75 Å². The topological polar surface area (TPSA) is 124 Å². The minimum atomic E-state index is -0.348. The highest BCUT2D eigenvalue weighted by atomic mass is 17.2. The number of rotatable bonds is 5. The molecule has 128 valence electrons. The molecule has 0 bridgehead atoms. The molecule has 9 heteroatoms. The molecule has 2 aromatic carbocycles. The summed E-state index contributed by atoms with van der Waals surface area (Å²) in [5.41, 5.74) is 3.66. The Morgan fingerprint density at radius 1 is 1.16 bits per heavy atom. The second kappa shape index (κ2) is 6.99. The first kappa shape index (κ1) is 16.4. The predicted molar refractivity (Wildman–Crippen MR) is 90.7 cm³/mol. The van der Waals surface area contributed by atoms with E-state index < -0.39 is 0 Å². The fraction of sp³-hybridized carbons (Fsp3) is 0.0625. The Morgan fingerprint density at radius 3 is 2.60 bits per heavy atom. The number of aromatic hydroxyl groups is 1. The quantitative estimate of drug-likeness (QED) is 0.321. The molecule has 1 heterocycles. The fourth-order valence-corrected chi connectivity index (χ4v) is 2.24. The smallest absolute Gasteiger partial charge is 0.299 e. The zero-order chi connectivity index (χ0) is 17.8. The SMILES string of the molecule is Cc1[nH]n(-c2ccccc2)c(=O)c1N=Nc1ccc(NOO)cc1O. The van der Waals surface area contributed by atoms with Crippen LogP contribution in [0, 0.1) is 6.92 Å². The standard InChI is InChI=1S/C16H15N5O4/c1-10-15(16(23)21(19-10)12-5-3-2-4-6-12)18-17-13-8-7-11(20-25-24)9-14(13)22/h2-9,19-20,22,24H,1H3. The number of hydrogen-bond acceptors (Lipinski definition) is 7. The monoisotopic (exact) mass is 341 g/mol. The number of nitrogens with zero attached hydrogens (tertiary/aromatic N) is 3. The molecular formula is C16H15N5O4. The lowest BCUT2D eigenvalue weighted by atomic mass is 10.2. The molecule has 4 N–H and O–H groups in total. The Labute approximate surface area is 141 Å². The summed E-state index contributed by atoms with van der Waals surface area (Å²) >= 11 is 0. The van der Waals surface area contributed by atoms with Crippen molar-refractivity contribution in [3.05, 3.63) is 64.6 Å². The molecule has 0 unspecified atom stereocenters. The molecule has 0 radical (unpaired) electrons. The molecule has 3 rings (SSSR count). The number of aromatic nitrogens is 2. The van der Waals surface area contributed by atoms with Gasteiger partial charge in [-0.25, -0.2) is 15.4 Å². The lowest BCUT2D eigenvalue weighted by Gasteiger charge is -2.02. The first-order chi connectivity index (χ1) is 12.1. The molecule has 1 aromatic heterocycles. The van der Waals surface area contributed by atoms with E-state index in [1.807, 2.05) is 18.2 Å². The highest BCUT2D eigenvalue weighted by Gasteiger charge is 2.12. The zero-order valence-corrected chi connectivity index (χ0v) is 13.2. The van der Waals surface area contributed by atoms with Gasteiger partial charge < -0.3 is 5.11 Å². The molecular weight excluding hydrogens is 326 g/mol. The number of H-pyrrole nitrogens is 1. The third-order valence-electron chi connectivity index (χ3n) is 3.45. The minimum absolute atomic E-state index is 0.143. The van der Waals surface area contributed by atoms with Crippen LogP contribution in [0.1, 0.15) is 5.69 Å². The molecule has 0 fully saturated rings. The fourth-order valence-electron chi connectivity index (χ4n) is 2.24. The van der Waals surface area contributed by atoms with Gasteiger partial charge in [0.05, 0.1) is 17.1 Å². The Balaban J connectivity index is 1.92. The maximum absolute atomic E-state index is 12.5. The summed E-state index contributed by atoms with van der Waals surface area (Å²) in [6.07, 6.45) is 0. The normalized spacial score (nSPS) is 11.1. The average Bonchev–Trinajstić information content (AvgIpc) is 2.90. The summed E-state index contributed by atoms with van der Waals surface area (Å²) in [6.45, 7) is 1.71. The van der Waals surface area contributed by atoms with Crippen LogP contribution in [0.4, 0.5) is 17.1 Å². The average molecular weight is 341 g/mol. The number of nitrogens with one attached hydrogen (secondary N) is 2. The lowest BCUT2D eigenvalue weighted by Crippen LogP contribution is -2.13. The number of azo groups is 1. The minimum Gasteiger partial charge on any atom is -0.506 e. The van der Waals surface area contributed by atoms with Gasteiger partial charge in [0, 0.05) is 6.07 Å². The molecule has 0 saturated carbocycles. The third-order valence-corrected chi connectivity index (χ3v) is 3.45. The van der Waals surface area contributed by atoms with Crippen molar-refractivity contribution in [2.45, 2.75) is 6.92 Å². The molecule has 0 aliphatic rings. The van der Waals surface area contributed by atoms with Crippen molar-refractivity contribution in [3.63, 3.8) is 0 Å². The molecule has 0 atom stereocenters. The van der Waals surface area contributed by atoms with Crippen LogP contribution in [0.3, 0.4) is 0 Å². The van der Waals surface area contributed by atoms with E-state index in [0.717, 1.165) is 0 Å².